The zero-order valence-electron chi connectivity index (χ0n) is 20.6. The van der Waals surface area contributed by atoms with E-state index in [0.29, 0.717) is 27.4 Å². The Labute approximate surface area is 226 Å². The third-order valence-electron chi connectivity index (χ3n) is 5.64. The average Bonchev–Trinajstić information content (AvgIpc) is 2.94. The van der Waals surface area contributed by atoms with Crippen LogP contribution in [0.1, 0.15) is 37.4 Å². The smallest absolute Gasteiger partial charge is 0.272 e. The molecule has 0 aliphatic rings. The first-order valence-corrected chi connectivity index (χ1v) is 12.3. The molecule has 0 aliphatic carbocycles. The highest BCUT2D eigenvalue weighted by Crippen LogP contribution is 2.16. The van der Waals surface area contributed by atoms with Crippen molar-refractivity contribution in [2.24, 2.45) is 0 Å². The van der Waals surface area contributed by atoms with Gasteiger partial charge in [-0.05, 0) is 78.7 Å². The van der Waals surface area contributed by atoms with Gasteiger partial charge < -0.3 is 10.6 Å². The van der Waals surface area contributed by atoms with E-state index in [4.69, 9.17) is 11.6 Å². The van der Waals surface area contributed by atoms with Gasteiger partial charge in [-0.2, -0.15) is 0 Å². The molecule has 2 amide bonds. The van der Waals surface area contributed by atoms with Crippen LogP contribution in [0.25, 0.3) is 12.2 Å². The summed E-state index contributed by atoms with van der Waals surface area (Å²) >= 11 is 5.98. The largest absolute Gasteiger partial charge is 0.321 e. The molecule has 38 heavy (non-hydrogen) atoms. The first kappa shape index (κ1) is 26.3. The Kier molecular flexibility index (Phi) is 8.65. The van der Waals surface area contributed by atoms with E-state index in [2.05, 4.69) is 10.6 Å². The van der Waals surface area contributed by atoms with Gasteiger partial charge in [0.1, 0.15) is 5.70 Å². The third kappa shape index (κ3) is 7.38. The number of ketones is 1. The highest BCUT2D eigenvalue weighted by atomic mass is 35.5. The number of carbonyl (C=O) groups excluding carboxylic acids is 3. The number of carbonyl (C=O) groups is 3. The zero-order valence-corrected chi connectivity index (χ0v) is 21.4. The summed E-state index contributed by atoms with van der Waals surface area (Å²) < 4.78 is 0. The molecule has 5 nitrogen and oxygen atoms in total. The molecule has 188 valence electrons. The predicted octanol–water partition coefficient (Wildman–Crippen LogP) is 6.95. The Hall–Kier alpha value is -4.74. The monoisotopic (exact) mass is 520 g/mol. The average molecular weight is 521 g/mol. The molecule has 0 saturated heterocycles. The topological polar surface area (TPSA) is 75.3 Å². The Morgan fingerprint density at radius 2 is 1.34 bits per heavy atom. The van der Waals surface area contributed by atoms with Crippen molar-refractivity contribution in [2.45, 2.75) is 6.92 Å². The van der Waals surface area contributed by atoms with E-state index < -0.39 is 11.8 Å². The lowest BCUT2D eigenvalue weighted by atomic mass is 10.1. The summed E-state index contributed by atoms with van der Waals surface area (Å²) in [4.78, 5) is 38.5. The predicted molar refractivity (Wildman–Crippen MR) is 153 cm³/mol. The van der Waals surface area contributed by atoms with Crippen LogP contribution in [0.5, 0.6) is 0 Å². The lowest BCUT2D eigenvalue weighted by Gasteiger charge is -2.12. The summed E-state index contributed by atoms with van der Waals surface area (Å²) in [5.74, 6) is -1.08. The number of anilines is 1. The van der Waals surface area contributed by atoms with Gasteiger partial charge in [-0.3, -0.25) is 14.4 Å². The molecule has 0 bridgehead atoms. The molecule has 0 aliphatic heterocycles. The summed E-state index contributed by atoms with van der Waals surface area (Å²) in [5.41, 5.74) is 4.22. The van der Waals surface area contributed by atoms with E-state index in [9.17, 15) is 14.4 Å². The number of halogens is 1. The lowest BCUT2D eigenvalue weighted by Crippen LogP contribution is -2.30. The second-order valence-corrected chi connectivity index (χ2v) is 9.01. The summed E-state index contributed by atoms with van der Waals surface area (Å²) in [6, 6.07) is 29.9. The van der Waals surface area contributed by atoms with Crippen molar-refractivity contribution in [2.75, 3.05) is 5.32 Å². The van der Waals surface area contributed by atoms with E-state index in [-0.39, 0.29) is 11.5 Å². The van der Waals surface area contributed by atoms with Gasteiger partial charge in [0.2, 0.25) is 0 Å². The zero-order chi connectivity index (χ0) is 26.9. The molecule has 4 aromatic carbocycles. The summed E-state index contributed by atoms with van der Waals surface area (Å²) in [6.07, 6.45) is 4.85. The first-order chi connectivity index (χ1) is 18.4. The Morgan fingerprint density at radius 3 is 2.00 bits per heavy atom. The van der Waals surface area contributed by atoms with Crippen molar-refractivity contribution < 1.29 is 14.4 Å². The van der Waals surface area contributed by atoms with E-state index in [1.165, 1.54) is 6.08 Å². The molecule has 6 heteroatoms. The van der Waals surface area contributed by atoms with E-state index in [1.54, 1.807) is 91.0 Å². The van der Waals surface area contributed by atoms with Crippen molar-refractivity contribution in [3.05, 3.63) is 148 Å². The first-order valence-electron chi connectivity index (χ1n) is 11.9. The van der Waals surface area contributed by atoms with E-state index in [0.717, 1.165) is 11.1 Å². The maximum Gasteiger partial charge on any atom is 0.272 e. The van der Waals surface area contributed by atoms with Gasteiger partial charge in [-0.25, -0.2) is 0 Å². The molecule has 0 radical (unpaired) electrons. The molecule has 0 atom stereocenters. The number of hydrogen-bond acceptors (Lipinski definition) is 3. The van der Waals surface area contributed by atoms with Crippen LogP contribution in [0.4, 0.5) is 5.69 Å². The Balaban J connectivity index is 1.48. The van der Waals surface area contributed by atoms with Crippen molar-refractivity contribution >= 4 is 47.0 Å². The van der Waals surface area contributed by atoms with E-state index >= 15 is 0 Å². The fourth-order valence-electron chi connectivity index (χ4n) is 3.53. The number of allylic oxidation sites excluding steroid dienone is 1. The molecule has 0 saturated carbocycles. The van der Waals surface area contributed by atoms with E-state index in [1.807, 2.05) is 31.2 Å². The van der Waals surface area contributed by atoms with Gasteiger partial charge in [0, 0.05) is 21.8 Å². The Bertz CT molecular complexity index is 1490. The highest BCUT2D eigenvalue weighted by molar-refractivity contribution is 6.30. The number of hydrogen-bond donors (Lipinski definition) is 2. The SMILES string of the molecule is Cc1ccc(/C=C/C(=O)c2ccc(NC(=O)/C(=C/c3ccc(Cl)cc3)NC(=O)c3ccccc3)cc2)cc1. The fourth-order valence-corrected chi connectivity index (χ4v) is 3.66. The normalized spacial score (nSPS) is 11.3. The molecular formula is C32H25ClN2O3. The van der Waals surface area contributed by atoms with Crippen LogP contribution in [-0.4, -0.2) is 17.6 Å². The maximum absolute atomic E-state index is 13.2. The third-order valence-corrected chi connectivity index (χ3v) is 5.89. The van der Waals surface area contributed by atoms with Crippen molar-refractivity contribution in [3.63, 3.8) is 0 Å². The number of benzene rings is 4. The molecule has 2 N–H and O–H groups in total. The second-order valence-electron chi connectivity index (χ2n) is 8.57. The molecule has 4 rings (SSSR count). The van der Waals surface area contributed by atoms with Gasteiger partial charge in [-0.1, -0.05) is 77.8 Å². The number of rotatable bonds is 8. The minimum absolute atomic E-state index is 0.0577. The van der Waals surface area contributed by atoms with Gasteiger partial charge in [0.05, 0.1) is 0 Å². The van der Waals surface area contributed by atoms with Crippen LogP contribution in [0.2, 0.25) is 5.02 Å². The summed E-state index contributed by atoms with van der Waals surface area (Å²) in [5, 5.41) is 6.04. The van der Waals surface area contributed by atoms with Crippen LogP contribution >= 0.6 is 11.6 Å². The minimum atomic E-state index is -0.512. The quantitative estimate of drug-likeness (QED) is 0.195. The molecule has 0 aromatic heterocycles. The summed E-state index contributed by atoms with van der Waals surface area (Å²) in [6.45, 7) is 2.01. The minimum Gasteiger partial charge on any atom is -0.321 e. The summed E-state index contributed by atoms with van der Waals surface area (Å²) in [7, 11) is 0. The van der Waals surface area contributed by atoms with Gasteiger partial charge in [-0.15, -0.1) is 0 Å². The van der Waals surface area contributed by atoms with Crippen LogP contribution in [0, 0.1) is 6.92 Å². The number of nitrogens with one attached hydrogen (secondary N) is 2. The van der Waals surface area contributed by atoms with Gasteiger partial charge in [0.15, 0.2) is 5.78 Å². The standard InChI is InChI=1S/C32H25ClN2O3/c1-22-7-9-23(10-8-22)13-20-30(36)25-14-18-28(19-15-25)34-32(38)29(21-24-11-16-27(33)17-12-24)35-31(37)26-5-3-2-4-6-26/h2-21H,1H3,(H,34,38)(H,35,37)/b20-13+,29-21-. The second kappa shape index (κ2) is 12.5. The molecule has 0 heterocycles. The Morgan fingerprint density at radius 1 is 0.711 bits per heavy atom. The maximum atomic E-state index is 13.2. The molecule has 4 aromatic rings. The van der Waals surface area contributed by atoms with Crippen molar-refractivity contribution in [1.82, 2.24) is 5.32 Å². The van der Waals surface area contributed by atoms with Crippen LogP contribution in [0.3, 0.4) is 0 Å². The van der Waals surface area contributed by atoms with Crippen molar-refractivity contribution in [1.29, 1.82) is 0 Å². The van der Waals surface area contributed by atoms with Crippen molar-refractivity contribution in [3.8, 4) is 0 Å². The molecule has 0 spiro atoms. The van der Waals surface area contributed by atoms with Crippen LogP contribution < -0.4 is 10.6 Å². The van der Waals surface area contributed by atoms with Gasteiger partial charge in [0.25, 0.3) is 11.8 Å². The lowest BCUT2D eigenvalue weighted by molar-refractivity contribution is -0.113. The van der Waals surface area contributed by atoms with Crippen LogP contribution in [0.15, 0.2) is 115 Å². The molecule has 0 fully saturated rings. The van der Waals surface area contributed by atoms with Gasteiger partial charge >= 0.3 is 0 Å². The molecule has 0 unspecified atom stereocenters. The highest BCUT2D eigenvalue weighted by Gasteiger charge is 2.15. The van der Waals surface area contributed by atoms with Crippen LogP contribution in [-0.2, 0) is 4.79 Å². The number of aryl methyl sites for hydroxylation is 1. The molecular weight excluding hydrogens is 496 g/mol. The fraction of sp³-hybridized carbons (Fsp3) is 0.0312. The number of amides is 2.